The molecule has 4 aromatic rings. The molecule has 0 fully saturated rings. The van der Waals surface area contributed by atoms with Crippen LogP contribution in [0, 0.1) is 5.95 Å². The van der Waals surface area contributed by atoms with E-state index in [0.29, 0.717) is 22.6 Å². The number of carbonyl (C=O) groups is 1. The van der Waals surface area contributed by atoms with Crippen LogP contribution >= 0.6 is 11.6 Å². The molecule has 0 aliphatic carbocycles. The molecule has 1 atom stereocenters. The zero-order valence-electron chi connectivity index (χ0n) is 16.0. The highest BCUT2D eigenvalue weighted by Crippen LogP contribution is 2.33. The van der Waals surface area contributed by atoms with Crippen LogP contribution in [0.25, 0.3) is 22.5 Å². The number of halogens is 2. The second-order valence-corrected chi connectivity index (χ2v) is 6.97. The summed E-state index contributed by atoms with van der Waals surface area (Å²) >= 11 is 6.39. The van der Waals surface area contributed by atoms with E-state index in [0.717, 1.165) is 0 Å². The Morgan fingerprint density at radius 2 is 1.90 bits per heavy atom. The van der Waals surface area contributed by atoms with Crippen LogP contribution in [0.1, 0.15) is 5.76 Å². The Kier molecular flexibility index (Phi) is 5.90. The van der Waals surface area contributed by atoms with Crippen molar-refractivity contribution in [2.75, 3.05) is 5.32 Å². The van der Waals surface area contributed by atoms with E-state index in [4.69, 9.17) is 16.0 Å². The lowest BCUT2D eigenvalue weighted by atomic mass is 10.1. The van der Waals surface area contributed by atoms with E-state index in [1.807, 2.05) is 30.3 Å². The molecule has 156 valence electrons. The molecule has 3 aromatic heterocycles. The van der Waals surface area contributed by atoms with Gasteiger partial charge in [0, 0.05) is 29.8 Å². The van der Waals surface area contributed by atoms with Gasteiger partial charge in [-0.2, -0.15) is 4.39 Å². The molecule has 0 amide bonds. The van der Waals surface area contributed by atoms with Crippen molar-refractivity contribution in [3.8, 4) is 22.5 Å². The number of aromatic nitrogens is 3. The number of pyridine rings is 1. The Morgan fingerprint density at radius 1 is 1.10 bits per heavy atom. The van der Waals surface area contributed by atoms with E-state index in [1.54, 1.807) is 18.2 Å². The first-order valence-corrected chi connectivity index (χ1v) is 9.65. The first kappa shape index (κ1) is 20.5. The molecule has 4 rings (SSSR count). The van der Waals surface area contributed by atoms with E-state index in [-0.39, 0.29) is 23.1 Å². The molecular formula is C22H16ClFN4O3. The molecule has 0 aliphatic heterocycles. The summed E-state index contributed by atoms with van der Waals surface area (Å²) in [7, 11) is 0. The second kappa shape index (κ2) is 8.93. The average molecular weight is 439 g/mol. The van der Waals surface area contributed by atoms with Crippen molar-refractivity contribution in [2.24, 2.45) is 0 Å². The summed E-state index contributed by atoms with van der Waals surface area (Å²) in [5.41, 5.74) is 1.72. The molecule has 0 saturated carbocycles. The molecular weight excluding hydrogens is 423 g/mol. The fourth-order valence-electron chi connectivity index (χ4n) is 3.04. The van der Waals surface area contributed by atoms with Gasteiger partial charge >= 0.3 is 5.97 Å². The maximum absolute atomic E-state index is 13.8. The zero-order chi connectivity index (χ0) is 21.8. The normalized spacial score (nSPS) is 11.8. The van der Waals surface area contributed by atoms with Gasteiger partial charge in [0.05, 0.1) is 6.26 Å². The summed E-state index contributed by atoms with van der Waals surface area (Å²) in [6, 6.07) is 14.2. The number of nitrogens with one attached hydrogen (secondary N) is 1. The topological polar surface area (TPSA) is 101 Å². The summed E-state index contributed by atoms with van der Waals surface area (Å²) in [6.07, 6.45) is 2.82. The maximum Gasteiger partial charge on any atom is 0.326 e. The van der Waals surface area contributed by atoms with Crippen molar-refractivity contribution < 1.29 is 18.7 Å². The third-order valence-corrected chi connectivity index (χ3v) is 4.76. The number of aliphatic carboxylic acids is 1. The summed E-state index contributed by atoms with van der Waals surface area (Å²) in [5.74, 6) is -1.23. The molecule has 31 heavy (non-hydrogen) atoms. The highest BCUT2D eigenvalue weighted by atomic mass is 35.5. The zero-order valence-corrected chi connectivity index (χ0v) is 16.8. The lowest BCUT2D eigenvalue weighted by Crippen LogP contribution is -2.32. The van der Waals surface area contributed by atoms with Crippen LogP contribution in [0.3, 0.4) is 0 Å². The molecule has 9 heteroatoms. The quantitative estimate of drug-likeness (QED) is 0.403. The SMILES string of the molecule is O=C(O)C(Cc1ccco1)Nc1nc(Cl)c(-c2ccccc2)nc1-c1ccnc(F)c1. The van der Waals surface area contributed by atoms with Gasteiger partial charge in [-0.25, -0.2) is 19.7 Å². The van der Waals surface area contributed by atoms with Crippen LogP contribution in [0.4, 0.5) is 10.2 Å². The van der Waals surface area contributed by atoms with Crippen molar-refractivity contribution in [1.29, 1.82) is 0 Å². The standard InChI is InChI=1S/C22H16ClFN4O3/c23-20-18(13-5-2-1-3-6-13)27-19(14-8-9-25-17(24)11-14)21(28-20)26-16(22(29)30)12-15-7-4-10-31-15/h1-11,16H,12H2,(H,26,28)(H,29,30). The van der Waals surface area contributed by atoms with E-state index in [9.17, 15) is 14.3 Å². The number of hydrogen-bond donors (Lipinski definition) is 2. The largest absolute Gasteiger partial charge is 0.480 e. The van der Waals surface area contributed by atoms with Crippen molar-refractivity contribution in [3.05, 3.63) is 83.9 Å². The third-order valence-electron chi connectivity index (χ3n) is 4.49. The van der Waals surface area contributed by atoms with Crippen LogP contribution in [0.5, 0.6) is 0 Å². The molecule has 1 aromatic carbocycles. The molecule has 7 nitrogen and oxygen atoms in total. The highest BCUT2D eigenvalue weighted by Gasteiger charge is 2.24. The molecule has 0 saturated heterocycles. The van der Waals surface area contributed by atoms with Crippen LogP contribution < -0.4 is 5.32 Å². The van der Waals surface area contributed by atoms with Crippen LogP contribution in [-0.2, 0) is 11.2 Å². The first-order valence-electron chi connectivity index (χ1n) is 9.28. The monoisotopic (exact) mass is 438 g/mol. The summed E-state index contributed by atoms with van der Waals surface area (Å²) in [4.78, 5) is 24.4. The number of nitrogens with zero attached hydrogens (tertiary/aromatic N) is 3. The highest BCUT2D eigenvalue weighted by molar-refractivity contribution is 6.32. The average Bonchev–Trinajstić information content (AvgIpc) is 3.27. The first-order chi connectivity index (χ1) is 15.0. The predicted molar refractivity (Wildman–Crippen MR) is 113 cm³/mol. The van der Waals surface area contributed by atoms with E-state index < -0.39 is 18.0 Å². The van der Waals surface area contributed by atoms with Crippen LogP contribution in [0.2, 0.25) is 5.15 Å². The molecule has 0 bridgehead atoms. The van der Waals surface area contributed by atoms with E-state index in [2.05, 4.69) is 20.3 Å². The van der Waals surface area contributed by atoms with E-state index in [1.165, 1.54) is 18.5 Å². The Balaban J connectivity index is 1.80. The van der Waals surface area contributed by atoms with E-state index >= 15 is 0 Å². The number of anilines is 1. The Hall–Kier alpha value is -3.78. The fraction of sp³-hybridized carbons (Fsp3) is 0.0909. The maximum atomic E-state index is 13.8. The van der Waals surface area contributed by atoms with Gasteiger partial charge in [0.15, 0.2) is 11.0 Å². The van der Waals surface area contributed by atoms with Gasteiger partial charge in [-0.3, -0.25) is 0 Å². The van der Waals surface area contributed by atoms with Crippen LogP contribution in [0.15, 0.2) is 71.5 Å². The van der Waals surface area contributed by atoms with Gasteiger partial charge in [0.2, 0.25) is 5.95 Å². The van der Waals surface area contributed by atoms with Gasteiger partial charge in [-0.15, -0.1) is 0 Å². The van der Waals surface area contributed by atoms with Crippen molar-refractivity contribution in [2.45, 2.75) is 12.5 Å². The third kappa shape index (κ3) is 4.70. The van der Waals surface area contributed by atoms with Gasteiger partial charge in [0.1, 0.15) is 23.2 Å². The summed E-state index contributed by atoms with van der Waals surface area (Å²) < 4.78 is 19.1. The minimum atomic E-state index is -1.12. The Bertz CT molecular complexity index is 1200. The smallest absolute Gasteiger partial charge is 0.326 e. The molecule has 0 spiro atoms. The number of carboxylic acid groups (broad SMARTS) is 1. The summed E-state index contributed by atoms with van der Waals surface area (Å²) in [6.45, 7) is 0. The lowest BCUT2D eigenvalue weighted by Gasteiger charge is -2.18. The number of rotatable bonds is 7. The Morgan fingerprint density at radius 3 is 2.58 bits per heavy atom. The number of furan rings is 1. The fourth-order valence-corrected chi connectivity index (χ4v) is 3.28. The molecule has 0 radical (unpaired) electrons. The van der Waals surface area contributed by atoms with Crippen LogP contribution in [-0.4, -0.2) is 32.1 Å². The minimum absolute atomic E-state index is 0.0617. The molecule has 1 unspecified atom stereocenters. The molecule has 2 N–H and O–H groups in total. The molecule has 3 heterocycles. The number of hydrogen-bond acceptors (Lipinski definition) is 6. The summed E-state index contributed by atoms with van der Waals surface area (Å²) in [5, 5.41) is 12.6. The lowest BCUT2D eigenvalue weighted by molar-refractivity contribution is -0.138. The molecule has 0 aliphatic rings. The van der Waals surface area contributed by atoms with Crippen molar-refractivity contribution in [1.82, 2.24) is 15.0 Å². The minimum Gasteiger partial charge on any atom is -0.480 e. The van der Waals surface area contributed by atoms with Crippen molar-refractivity contribution >= 4 is 23.4 Å². The van der Waals surface area contributed by atoms with Gasteiger partial charge in [-0.1, -0.05) is 41.9 Å². The van der Waals surface area contributed by atoms with Gasteiger partial charge < -0.3 is 14.8 Å². The predicted octanol–water partition coefficient (Wildman–Crippen LogP) is 4.70. The van der Waals surface area contributed by atoms with Gasteiger partial charge in [0.25, 0.3) is 0 Å². The number of carboxylic acids is 1. The Labute approximate surface area is 181 Å². The van der Waals surface area contributed by atoms with Crippen molar-refractivity contribution in [3.63, 3.8) is 0 Å². The number of benzene rings is 1. The second-order valence-electron chi connectivity index (χ2n) is 6.61. The van der Waals surface area contributed by atoms with Gasteiger partial charge in [-0.05, 0) is 18.2 Å².